The Morgan fingerprint density at radius 3 is 2.91 bits per heavy atom. The summed E-state index contributed by atoms with van der Waals surface area (Å²) >= 11 is 0. The van der Waals surface area contributed by atoms with E-state index < -0.39 is 0 Å². The third-order valence-corrected chi connectivity index (χ3v) is 2.93. The highest BCUT2D eigenvalue weighted by atomic mass is 16.2. The van der Waals surface area contributed by atoms with Crippen molar-refractivity contribution in [2.24, 2.45) is 11.7 Å². The second-order valence-corrected chi connectivity index (χ2v) is 3.68. The van der Waals surface area contributed by atoms with Crippen molar-refractivity contribution in [2.45, 2.75) is 31.7 Å². The number of carbonyl (C=O) groups excluding carboxylic acids is 1. The largest absolute Gasteiger partial charge is 0.351 e. The van der Waals surface area contributed by atoms with Crippen LogP contribution in [0.5, 0.6) is 0 Å². The van der Waals surface area contributed by atoms with E-state index in [1.807, 2.05) is 4.90 Å². The van der Waals surface area contributed by atoms with Crippen molar-refractivity contribution < 1.29 is 4.79 Å². The molecule has 0 aromatic carbocycles. The first-order valence-corrected chi connectivity index (χ1v) is 4.33. The lowest BCUT2D eigenvalue weighted by molar-refractivity contribution is 0.200. The second-order valence-electron chi connectivity index (χ2n) is 3.68. The van der Waals surface area contributed by atoms with Crippen molar-refractivity contribution in [1.82, 2.24) is 4.90 Å². The van der Waals surface area contributed by atoms with Crippen molar-refractivity contribution in [2.75, 3.05) is 6.54 Å². The fourth-order valence-electron chi connectivity index (χ4n) is 2.41. The Kier molecular flexibility index (Phi) is 1.51. The molecule has 0 spiro atoms. The third kappa shape index (κ3) is 1.08. The Morgan fingerprint density at radius 1 is 1.45 bits per heavy atom. The Morgan fingerprint density at radius 2 is 2.27 bits per heavy atom. The Labute approximate surface area is 66.5 Å². The van der Waals surface area contributed by atoms with Gasteiger partial charge in [0.05, 0.1) is 0 Å². The van der Waals surface area contributed by atoms with E-state index in [9.17, 15) is 4.79 Å². The monoisotopic (exact) mass is 154 g/mol. The van der Waals surface area contributed by atoms with Crippen molar-refractivity contribution in [3.63, 3.8) is 0 Å². The normalized spacial score (nSPS) is 35.8. The van der Waals surface area contributed by atoms with E-state index >= 15 is 0 Å². The summed E-state index contributed by atoms with van der Waals surface area (Å²) in [5.41, 5.74) is 5.24. The molecule has 2 rings (SSSR count). The van der Waals surface area contributed by atoms with Crippen LogP contribution in [0.4, 0.5) is 4.79 Å². The number of nitrogens with two attached hydrogens (primary N) is 1. The maximum atomic E-state index is 10.9. The van der Waals surface area contributed by atoms with Gasteiger partial charge < -0.3 is 10.6 Å². The standard InChI is InChI=1S/C8H14N2O/c9-8(11)10-5-6-2-1-3-7(10)4-6/h6-7H,1-5H2,(H2,9,11). The van der Waals surface area contributed by atoms with Crippen LogP contribution in [0.3, 0.4) is 0 Å². The SMILES string of the molecule is NC(=O)N1CC2CCCC1C2. The van der Waals surface area contributed by atoms with E-state index in [0.29, 0.717) is 6.04 Å². The van der Waals surface area contributed by atoms with E-state index in [1.165, 1.54) is 25.7 Å². The van der Waals surface area contributed by atoms with Gasteiger partial charge in [-0.15, -0.1) is 0 Å². The summed E-state index contributed by atoms with van der Waals surface area (Å²) in [7, 11) is 0. The van der Waals surface area contributed by atoms with E-state index in [4.69, 9.17) is 5.73 Å². The molecular weight excluding hydrogens is 140 g/mol. The van der Waals surface area contributed by atoms with Crippen LogP contribution in [0.1, 0.15) is 25.7 Å². The zero-order chi connectivity index (χ0) is 7.84. The maximum absolute atomic E-state index is 10.9. The zero-order valence-corrected chi connectivity index (χ0v) is 6.62. The average Bonchev–Trinajstić information content (AvgIpc) is 2.27. The number of rotatable bonds is 0. The Bertz CT molecular complexity index is 181. The van der Waals surface area contributed by atoms with Crippen molar-refractivity contribution in [3.05, 3.63) is 0 Å². The number of hydrogen-bond acceptors (Lipinski definition) is 1. The number of amides is 2. The molecule has 2 aliphatic rings. The molecule has 3 heteroatoms. The van der Waals surface area contributed by atoms with E-state index in [2.05, 4.69) is 0 Å². The number of nitrogens with zero attached hydrogens (tertiary/aromatic N) is 1. The molecule has 0 aromatic rings. The number of carbonyl (C=O) groups is 1. The molecule has 2 unspecified atom stereocenters. The molecular formula is C8H14N2O. The van der Waals surface area contributed by atoms with Crippen molar-refractivity contribution in [1.29, 1.82) is 0 Å². The molecule has 11 heavy (non-hydrogen) atoms. The van der Waals surface area contributed by atoms with Crippen LogP contribution < -0.4 is 5.73 Å². The van der Waals surface area contributed by atoms with Crippen LogP contribution >= 0.6 is 0 Å². The molecule has 1 heterocycles. The lowest BCUT2D eigenvalue weighted by atomic mass is 9.91. The first kappa shape index (κ1) is 6.95. The van der Waals surface area contributed by atoms with Gasteiger partial charge >= 0.3 is 6.03 Å². The van der Waals surface area contributed by atoms with Gasteiger partial charge in [-0.3, -0.25) is 0 Å². The first-order chi connectivity index (χ1) is 5.27. The van der Waals surface area contributed by atoms with Gasteiger partial charge in [-0.1, -0.05) is 6.42 Å². The summed E-state index contributed by atoms with van der Waals surface area (Å²) in [5.74, 6) is 0.751. The lowest BCUT2D eigenvalue weighted by Gasteiger charge is -2.22. The first-order valence-electron chi connectivity index (χ1n) is 4.33. The number of urea groups is 1. The predicted octanol–water partition coefficient (Wildman–Crippen LogP) is 0.940. The average molecular weight is 154 g/mol. The molecule has 1 aliphatic heterocycles. The second kappa shape index (κ2) is 2.40. The fourth-order valence-corrected chi connectivity index (χ4v) is 2.41. The van der Waals surface area contributed by atoms with Crippen LogP contribution in [0, 0.1) is 5.92 Å². The van der Waals surface area contributed by atoms with Crippen molar-refractivity contribution >= 4 is 6.03 Å². The molecule has 2 N–H and O–H groups in total. The smallest absolute Gasteiger partial charge is 0.315 e. The summed E-state index contributed by atoms with van der Waals surface area (Å²) in [6.45, 7) is 0.917. The molecule has 0 radical (unpaired) electrons. The summed E-state index contributed by atoms with van der Waals surface area (Å²) in [5, 5.41) is 0. The van der Waals surface area contributed by atoms with E-state index in [1.54, 1.807) is 0 Å². The molecule has 1 saturated carbocycles. The molecule has 1 aliphatic carbocycles. The highest BCUT2D eigenvalue weighted by molar-refractivity contribution is 5.72. The minimum Gasteiger partial charge on any atom is -0.351 e. The lowest BCUT2D eigenvalue weighted by Crippen LogP contribution is -2.38. The topological polar surface area (TPSA) is 46.3 Å². The quantitative estimate of drug-likeness (QED) is 0.554. The van der Waals surface area contributed by atoms with Gasteiger partial charge in [-0.25, -0.2) is 4.79 Å². The predicted molar refractivity (Wildman–Crippen MR) is 42.0 cm³/mol. The minimum atomic E-state index is -0.223. The number of hydrogen-bond donors (Lipinski definition) is 1. The van der Waals surface area contributed by atoms with Gasteiger partial charge in [-0.2, -0.15) is 0 Å². The fraction of sp³-hybridized carbons (Fsp3) is 0.875. The Hall–Kier alpha value is -0.730. The molecule has 62 valence electrons. The van der Waals surface area contributed by atoms with Crippen LogP contribution in [0.2, 0.25) is 0 Å². The number of primary amides is 1. The highest BCUT2D eigenvalue weighted by Gasteiger charge is 2.36. The van der Waals surface area contributed by atoms with Gasteiger partial charge in [-0.05, 0) is 25.2 Å². The van der Waals surface area contributed by atoms with E-state index in [0.717, 1.165) is 12.5 Å². The maximum Gasteiger partial charge on any atom is 0.315 e. The number of fused-ring (bicyclic) bond motifs is 2. The molecule has 2 bridgehead atoms. The van der Waals surface area contributed by atoms with Crippen LogP contribution in [0.15, 0.2) is 0 Å². The van der Waals surface area contributed by atoms with Crippen molar-refractivity contribution in [3.8, 4) is 0 Å². The Balaban J connectivity index is 2.08. The summed E-state index contributed by atoms with van der Waals surface area (Å²) in [4.78, 5) is 12.7. The number of likely N-dealkylation sites (tertiary alicyclic amines) is 1. The summed E-state index contributed by atoms with van der Waals surface area (Å²) < 4.78 is 0. The third-order valence-electron chi connectivity index (χ3n) is 2.93. The molecule has 2 atom stereocenters. The molecule has 3 nitrogen and oxygen atoms in total. The van der Waals surface area contributed by atoms with Crippen LogP contribution in [-0.4, -0.2) is 23.5 Å². The van der Waals surface area contributed by atoms with Gasteiger partial charge in [0.15, 0.2) is 0 Å². The van der Waals surface area contributed by atoms with Gasteiger partial charge in [0.2, 0.25) is 0 Å². The highest BCUT2D eigenvalue weighted by Crippen LogP contribution is 2.34. The summed E-state index contributed by atoms with van der Waals surface area (Å²) in [6.07, 6.45) is 4.93. The van der Waals surface area contributed by atoms with Gasteiger partial charge in [0.25, 0.3) is 0 Å². The zero-order valence-electron chi connectivity index (χ0n) is 6.62. The van der Waals surface area contributed by atoms with Crippen LogP contribution in [0.25, 0.3) is 0 Å². The molecule has 2 fully saturated rings. The minimum absolute atomic E-state index is 0.223. The molecule has 2 amide bonds. The molecule has 1 saturated heterocycles. The van der Waals surface area contributed by atoms with E-state index in [-0.39, 0.29) is 6.03 Å². The van der Waals surface area contributed by atoms with Crippen LogP contribution in [-0.2, 0) is 0 Å². The molecule has 0 aromatic heterocycles. The van der Waals surface area contributed by atoms with Gasteiger partial charge in [0.1, 0.15) is 0 Å². The summed E-state index contributed by atoms with van der Waals surface area (Å²) in [6, 6.07) is 0.255. The van der Waals surface area contributed by atoms with Gasteiger partial charge in [0, 0.05) is 12.6 Å².